The number of fused-ring (bicyclic) bond motifs is 1. The normalized spacial score (nSPS) is 16.0. The molecule has 1 saturated heterocycles. The molecule has 1 aromatic carbocycles. The van der Waals surface area contributed by atoms with E-state index < -0.39 is 5.60 Å². The number of aryl methyl sites for hydroxylation is 1. The van der Waals surface area contributed by atoms with Crippen LogP contribution in [0.3, 0.4) is 0 Å². The van der Waals surface area contributed by atoms with Crippen molar-refractivity contribution in [2.24, 2.45) is 5.73 Å². The van der Waals surface area contributed by atoms with Crippen molar-refractivity contribution in [3.05, 3.63) is 58.3 Å². The number of piperazine rings is 1. The van der Waals surface area contributed by atoms with E-state index in [2.05, 4.69) is 23.1 Å². The minimum absolute atomic E-state index is 0.246. The molecule has 2 aromatic rings. The van der Waals surface area contributed by atoms with Crippen LogP contribution >= 0.6 is 0 Å². The van der Waals surface area contributed by atoms with E-state index in [4.69, 9.17) is 15.5 Å². The van der Waals surface area contributed by atoms with E-state index in [1.165, 1.54) is 22.4 Å². The summed E-state index contributed by atoms with van der Waals surface area (Å²) in [5, 5.41) is 0. The SMILES string of the molecule is CC(C)(C)OC(=O)N1CCN(c2cc(Cc3ccc(CC(N)=O)cc3)c3c(n2)CCC3)CC1. The lowest BCUT2D eigenvalue weighted by molar-refractivity contribution is -0.117. The monoisotopic (exact) mass is 450 g/mol. The summed E-state index contributed by atoms with van der Waals surface area (Å²) in [6.45, 7) is 8.42. The Bertz CT molecular complexity index is 1020. The van der Waals surface area contributed by atoms with Gasteiger partial charge < -0.3 is 20.3 Å². The summed E-state index contributed by atoms with van der Waals surface area (Å²) in [6.07, 6.45) is 4.10. The van der Waals surface area contributed by atoms with Crippen molar-refractivity contribution in [2.45, 2.75) is 58.5 Å². The standard InChI is InChI=1S/C26H34N4O3/c1-26(2,3)33-25(32)30-13-11-29(12-14-30)24-17-20(21-5-4-6-22(21)28-24)15-18-7-9-19(10-8-18)16-23(27)31/h7-10,17H,4-6,11-16H2,1-3H3,(H2,27,31). The van der Waals surface area contributed by atoms with Gasteiger partial charge in [0.15, 0.2) is 0 Å². The van der Waals surface area contributed by atoms with Crippen molar-refractivity contribution in [1.82, 2.24) is 9.88 Å². The summed E-state index contributed by atoms with van der Waals surface area (Å²) in [5.41, 5.74) is 10.9. The number of primary amides is 1. The molecule has 0 radical (unpaired) electrons. The van der Waals surface area contributed by atoms with Crippen LogP contribution in [0.4, 0.5) is 10.6 Å². The molecule has 33 heavy (non-hydrogen) atoms. The third-order valence-corrected chi connectivity index (χ3v) is 6.18. The minimum Gasteiger partial charge on any atom is -0.444 e. The third-order valence-electron chi connectivity index (χ3n) is 6.18. The van der Waals surface area contributed by atoms with Gasteiger partial charge in [0.2, 0.25) is 5.91 Å². The highest BCUT2D eigenvalue weighted by molar-refractivity contribution is 5.76. The first-order valence-electron chi connectivity index (χ1n) is 11.8. The summed E-state index contributed by atoms with van der Waals surface area (Å²) >= 11 is 0. The first-order valence-corrected chi connectivity index (χ1v) is 11.8. The second-order valence-corrected chi connectivity index (χ2v) is 10.0. The maximum atomic E-state index is 12.4. The Morgan fingerprint density at radius 1 is 1.03 bits per heavy atom. The summed E-state index contributed by atoms with van der Waals surface area (Å²) in [7, 11) is 0. The summed E-state index contributed by atoms with van der Waals surface area (Å²) in [6, 6.07) is 10.4. The van der Waals surface area contributed by atoms with E-state index in [-0.39, 0.29) is 18.4 Å². The lowest BCUT2D eigenvalue weighted by Crippen LogP contribution is -2.50. The molecule has 0 bridgehead atoms. The number of rotatable bonds is 5. The molecule has 0 spiro atoms. The Labute approximate surface area is 195 Å². The van der Waals surface area contributed by atoms with Crippen molar-refractivity contribution in [1.29, 1.82) is 0 Å². The van der Waals surface area contributed by atoms with Gasteiger partial charge in [-0.1, -0.05) is 24.3 Å². The number of ether oxygens (including phenoxy) is 1. The highest BCUT2D eigenvalue weighted by Gasteiger charge is 2.27. The van der Waals surface area contributed by atoms with Crippen LogP contribution in [0.1, 0.15) is 55.1 Å². The van der Waals surface area contributed by atoms with Gasteiger partial charge in [-0.25, -0.2) is 9.78 Å². The number of nitrogens with zero attached hydrogens (tertiary/aromatic N) is 3. The maximum absolute atomic E-state index is 12.4. The predicted octanol–water partition coefficient (Wildman–Crippen LogP) is 3.25. The van der Waals surface area contributed by atoms with Crippen LogP contribution in [0.5, 0.6) is 0 Å². The topological polar surface area (TPSA) is 88.8 Å². The molecule has 0 saturated carbocycles. The largest absolute Gasteiger partial charge is 0.444 e. The average Bonchev–Trinajstić information content (AvgIpc) is 3.23. The van der Waals surface area contributed by atoms with Crippen molar-refractivity contribution < 1.29 is 14.3 Å². The van der Waals surface area contributed by atoms with Gasteiger partial charge in [-0.15, -0.1) is 0 Å². The summed E-state index contributed by atoms with van der Waals surface area (Å²) < 4.78 is 5.52. The van der Waals surface area contributed by atoms with Crippen LogP contribution in [0.25, 0.3) is 0 Å². The highest BCUT2D eigenvalue weighted by Crippen LogP contribution is 2.30. The molecule has 1 fully saturated rings. The van der Waals surface area contributed by atoms with E-state index in [1.807, 2.05) is 32.9 Å². The van der Waals surface area contributed by atoms with Crippen molar-refractivity contribution in [3.63, 3.8) is 0 Å². The number of aromatic nitrogens is 1. The lowest BCUT2D eigenvalue weighted by Gasteiger charge is -2.36. The van der Waals surface area contributed by atoms with Crippen molar-refractivity contribution in [2.75, 3.05) is 31.1 Å². The fourth-order valence-corrected chi connectivity index (χ4v) is 4.57. The smallest absolute Gasteiger partial charge is 0.410 e. The van der Waals surface area contributed by atoms with E-state index >= 15 is 0 Å². The Kier molecular flexibility index (Phi) is 6.58. The van der Waals surface area contributed by atoms with Crippen LogP contribution < -0.4 is 10.6 Å². The number of amides is 2. The van der Waals surface area contributed by atoms with Crippen LogP contribution in [-0.4, -0.2) is 53.7 Å². The number of nitrogens with two attached hydrogens (primary N) is 1. The van der Waals surface area contributed by atoms with E-state index in [0.717, 1.165) is 50.2 Å². The van der Waals surface area contributed by atoms with Crippen LogP contribution in [0, 0.1) is 0 Å². The first kappa shape index (κ1) is 23.1. The number of carbonyl (C=O) groups is 2. The van der Waals surface area contributed by atoms with Crippen molar-refractivity contribution in [3.8, 4) is 0 Å². The fraction of sp³-hybridized carbons (Fsp3) is 0.500. The van der Waals surface area contributed by atoms with Crippen LogP contribution in [-0.2, 0) is 35.2 Å². The number of hydrogen-bond acceptors (Lipinski definition) is 5. The fourth-order valence-electron chi connectivity index (χ4n) is 4.57. The molecule has 0 atom stereocenters. The van der Waals surface area contributed by atoms with Gasteiger partial charge in [0.1, 0.15) is 11.4 Å². The van der Waals surface area contributed by atoms with Crippen LogP contribution in [0.15, 0.2) is 30.3 Å². The van der Waals surface area contributed by atoms with Gasteiger partial charge in [-0.2, -0.15) is 0 Å². The van der Waals surface area contributed by atoms with E-state index in [0.29, 0.717) is 13.1 Å². The summed E-state index contributed by atoms with van der Waals surface area (Å²) in [4.78, 5) is 32.6. The van der Waals surface area contributed by atoms with Crippen LogP contribution in [0.2, 0.25) is 0 Å². The second kappa shape index (κ2) is 9.41. The van der Waals surface area contributed by atoms with E-state index in [9.17, 15) is 9.59 Å². The second-order valence-electron chi connectivity index (χ2n) is 10.0. The molecule has 1 aliphatic heterocycles. The molecule has 2 aliphatic rings. The molecule has 7 heteroatoms. The number of benzene rings is 1. The zero-order valence-corrected chi connectivity index (χ0v) is 19.9. The number of hydrogen-bond donors (Lipinski definition) is 1. The first-order chi connectivity index (χ1) is 15.7. The average molecular weight is 451 g/mol. The lowest BCUT2D eigenvalue weighted by atomic mass is 9.98. The zero-order chi connectivity index (χ0) is 23.6. The maximum Gasteiger partial charge on any atom is 0.410 e. The third kappa shape index (κ3) is 5.83. The molecule has 4 rings (SSSR count). The van der Waals surface area contributed by atoms with E-state index in [1.54, 1.807) is 4.90 Å². The Balaban J connectivity index is 1.47. The molecule has 2 amide bonds. The van der Waals surface area contributed by atoms with Gasteiger partial charge in [-0.05, 0) is 74.8 Å². The number of anilines is 1. The highest BCUT2D eigenvalue weighted by atomic mass is 16.6. The molecule has 2 heterocycles. The molecule has 1 aliphatic carbocycles. The number of pyridine rings is 1. The van der Waals surface area contributed by atoms with Crippen molar-refractivity contribution >= 4 is 17.8 Å². The minimum atomic E-state index is -0.483. The Hall–Kier alpha value is -3.09. The predicted molar refractivity (Wildman–Crippen MR) is 128 cm³/mol. The van der Waals surface area contributed by atoms with Gasteiger partial charge >= 0.3 is 6.09 Å². The molecular weight excluding hydrogens is 416 g/mol. The van der Waals surface area contributed by atoms with Gasteiger partial charge in [0.25, 0.3) is 0 Å². The quantitative estimate of drug-likeness (QED) is 0.755. The molecular formula is C26H34N4O3. The zero-order valence-electron chi connectivity index (χ0n) is 19.9. The van der Waals surface area contributed by atoms with Gasteiger partial charge in [-0.3, -0.25) is 4.79 Å². The molecule has 1 aromatic heterocycles. The molecule has 2 N–H and O–H groups in total. The molecule has 7 nitrogen and oxygen atoms in total. The molecule has 176 valence electrons. The Morgan fingerprint density at radius 2 is 1.70 bits per heavy atom. The Morgan fingerprint density at radius 3 is 2.33 bits per heavy atom. The molecule has 0 unspecified atom stereocenters. The van der Waals surface area contributed by atoms with Gasteiger partial charge in [0, 0.05) is 31.9 Å². The summed E-state index contributed by atoms with van der Waals surface area (Å²) in [5.74, 6) is 0.686. The number of carbonyl (C=O) groups excluding carboxylic acids is 2. The van der Waals surface area contributed by atoms with Gasteiger partial charge in [0.05, 0.1) is 6.42 Å².